The lowest BCUT2D eigenvalue weighted by atomic mass is 10.0. The number of aromatic hydroxyl groups is 1. The van der Waals surface area contributed by atoms with Crippen LogP contribution in [-0.2, 0) is 14.9 Å². The lowest BCUT2D eigenvalue weighted by Gasteiger charge is -2.10. The van der Waals surface area contributed by atoms with E-state index < -0.39 is 27.0 Å². The van der Waals surface area contributed by atoms with Crippen LogP contribution in [0, 0.1) is 21.4 Å². The number of hydrogen-bond donors (Lipinski definition) is 9. The molecular formula is C100H102N8O16S. The Bertz CT molecular complexity index is 5750. The van der Waals surface area contributed by atoms with Gasteiger partial charge in [0.25, 0.3) is 51.2 Å². The van der Waals surface area contributed by atoms with Crippen LogP contribution in [0.4, 0.5) is 39.8 Å². The second-order valence-corrected chi connectivity index (χ2v) is 31.8. The molecule has 12 rings (SSSR count). The quantitative estimate of drug-likeness (QED) is 0.0132. The van der Waals surface area contributed by atoms with Gasteiger partial charge in [0.2, 0.25) is 0 Å². The van der Waals surface area contributed by atoms with E-state index in [9.17, 15) is 62.0 Å². The fourth-order valence-corrected chi connectivity index (χ4v) is 12.0. The average molecular weight is 1700 g/mol. The number of phenols is 1. The minimum absolute atomic E-state index is 0.0339. The average Bonchev–Trinajstić information content (AvgIpc) is 0.843. The number of nitrogens with zero attached hydrogens (tertiary/aromatic N) is 2. The molecule has 0 saturated heterocycles. The number of benzene rings is 12. The van der Waals surface area contributed by atoms with E-state index in [0.717, 1.165) is 39.4 Å². The number of anilines is 6. The van der Waals surface area contributed by atoms with Crippen molar-refractivity contribution in [3.05, 3.63) is 385 Å². The molecule has 0 aromatic heterocycles. The number of non-ortho nitro benzene ring substituents is 1. The molecule has 0 bridgehead atoms. The Morgan fingerprint density at radius 1 is 0.344 bits per heavy atom. The van der Waals surface area contributed by atoms with Crippen LogP contribution >= 0.6 is 0 Å². The van der Waals surface area contributed by atoms with Gasteiger partial charge < -0.3 is 46.9 Å². The van der Waals surface area contributed by atoms with Gasteiger partial charge >= 0.3 is 11.9 Å². The predicted octanol–water partition coefficient (Wildman–Crippen LogP) is 22.6. The zero-order valence-corrected chi connectivity index (χ0v) is 72.4. The summed E-state index contributed by atoms with van der Waals surface area (Å²) in [5, 5.41) is 54.3. The van der Waals surface area contributed by atoms with E-state index in [1.807, 2.05) is 146 Å². The SMILES string of the molecule is CC(C)c1cccc(NC(=O)c2ccc(C#N)cc2)c1.CC(C)c1cccc(NC(=O)c2ccc(C(=O)O)cc2)c1.CC(C)c1cccc(NC(=O)c2ccc(O)cc2)c1.CC(C)c1cccc(NC(=O)c2ccc(S(=O)(=O)O)cc2)c1.CC(C)c1cccc(NC(=O)c2ccc([N+](=O)[O-])cc2)c1.COC(=O)c1ccc(C(=O)Nc2cccc(C(C)C)c2)cc1. The minimum atomic E-state index is -4.25. The first-order chi connectivity index (χ1) is 59.4. The second kappa shape index (κ2) is 47.3. The number of nitro benzene ring substituents is 1. The molecule has 125 heavy (non-hydrogen) atoms. The Labute approximate surface area is 728 Å². The van der Waals surface area contributed by atoms with Crippen molar-refractivity contribution in [3.63, 3.8) is 0 Å². The summed E-state index contributed by atoms with van der Waals surface area (Å²) >= 11 is 0. The number of amides is 6. The molecular weight excluding hydrogens is 1600 g/mol. The molecule has 0 unspecified atom stereocenters. The molecule has 0 atom stereocenters. The molecule has 9 N–H and O–H groups in total. The zero-order valence-electron chi connectivity index (χ0n) is 71.6. The van der Waals surface area contributed by atoms with Gasteiger partial charge in [0.1, 0.15) is 5.75 Å². The number of methoxy groups -OCH3 is 1. The van der Waals surface area contributed by atoms with Crippen LogP contribution in [0.15, 0.2) is 296 Å². The van der Waals surface area contributed by atoms with Gasteiger partial charge in [0.15, 0.2) is 0 Å². The minimum Gasteiger partial charge on any atom is -0.508 e. The van der Waals surface area contributed by atoms with E-state index in [0.29, 0.717) is 91.4 Å². The molecule has 0 aliphatic carbocycles. The predicted molar refractivity (Wildman–Crippen MR) is 491 cm³/mol. The summed E-state index contributed by atoms with van der Waals surface area (Å²) in [7, 11) is -2.93. The highest BCUT2D eigenvalue weighted by molar-refractivity contribution is 7.85. The largest absolute Gasteiger partial charge is 0.508 e. The van der Waals surface area contributed by atoms with Gasteiger partial charge in [-0.15, -0.1) is 0 Å². The molecule has 0 radical (unpaired) electrons. The summed E-state index contributed by atoms with van der Waals surface area (Å²) in [5.41, 5.74) is 15.1. The number of rotatable bonds is 22. The lowest BCUT2D eigenvalue weighted by molar-refractivity contribution is -0.384. The summed E-state index contributed by atoms with van der Waals surface area (Å²) in [4.78, 5) is 105. The zero-order chi connectivity index (χ0) is 91.6. The molecule has 0 saturated carbocycles. The molecule has 0 aliphatic rings. The fourth-order valence-electron chi connectivity index (χ4n) is 11.5. The van der Waals surface area contributed by atoms with Gasteiger partial charge in [-0.25, -0.2) is 9.59 Å². The van der Waals surface area contributed by atoms with Gasteiger partial charge in [-0.3, -0.25) is 43.4 Å². The Hall–Kier alpha value is -15.0. The Balaban J connectivity index is 0.000000206. The van der Waals surface area contributed by atoms with Crippen molar-refractivity contribution in [2.45, 2.75) is 123 Å². The number of carbonyl (C=O) groups excluding carboxylic acids is 7. The van der Waals surface area contributed by atoms with Crippen molar-refractivity contribution >= 4 is 97.3 Å². The van der Waals surface area contributed by atoms with Crippen molar-refractivity contribution < 1.29 is 71.2 Å². The monoisotopic (exact) mass is 1700 g/mol. The Kier molecular flexibility index (Phi) is 36.7. The summed E-state index contributed by atoms with van der Waals surface area (Å²) in [5.74, 6) is -0.371. The smallest absolute Gasteiger partial charge is 0.337 e. The molecule has 12 aromatic rings. The molecule has 24 nitrogen and oxygen atoms in total. The highest BCUT2D eigenvalue weighted by atomic mass is 32.2. The van der Waals surface area contributed by atoms with E-state index in [2.05, 4.69) is 120 Å². The summed E-state index contributed by atoms with van der Waals surface area (Å²) in [6.07, 6.45) is 0. The number of phenolic OH excluding ortho intramolecular Hbond substituents is 1. The van der Waals surface area contributed by atoms with E-state index in [1.54, 1.807) is 66.7 Å². The van der Waals surface area contributed by atoms with Crippen molar-refractivity contribution in [1.82, 2.24) is 0 Å². The van der Waals surface area contributed by atoms with Crippen molar-refractivity contribution in [2.24, 2.45) is 0 Å². The van der Waals surface area contributed by atoms with Crippen molar-refractivity contribution in [2.75, 3.05) is 39.0 Å². The highest BCUT2D eigenvalue weighted by Crippen LogP contribution is 2.27. The number of aromatic carboxylic acids is 1. The number of carboxylic acids is 1. The first-order valence-corrected chi connectivity index (χ1v) is 41.4. The summed E-state index contributed by atoms with van der Waals surface area (Å²) in [6, 6.07) is 83.9. The lowest BCUT2D eigenvalue weighted by Crippen LogP contribution is -2.12. The molecule has 0 aliphatic heterocycles. The van der Waals surface area contributed by atoms with Gasteiger partial charge in [0, 0.05) is 79.6 Å². The molecule has 0 spiro atoms. The van der Waals surface area contributed by atoms with Gasteiger partial charge in [-0.2, -0.15) is 13.7 Å². The maximum atomic E-state index is 12.2. The standard InChI is InChI=1S/C18H19NO3.C17H16N2O.C17H17NO3.C16H16N2O3.C16H17NO4S.C16H17NO2/c1-12(2)15-5-4-6-16(11-15)19-17(20)13-7-9-14(10-8-13)18(21)22-3;1-12(2)15-4-3-5-16(10-15)19-17(20)14-8-6-13(11-18)7-9-14;1-11(2)14-4-3-5-15(10-14)18-16(19)12-6-8-13(9-7-12)17(20)21;1-11(2)13-4-3-5-14(10-13)17-16(19)12-6-8-15(9-7-12)18(20)21;1-11(2)13-4-3-5-14(10-13)17-16(18)12-6-8-15(9-7-12)22(19,20)21;1-11(2)13-4-3-5-14(10-13)17-16(19)12-6-8-15(18)9-7-12/h4-12H,1-3H3,(H,19,20);3-10,12H,1-2H3,(H,19,20);3-11H,1-2H3,(H,18,19)(H,20,21);3-11H,1-2H3,(H,17,19);3-11H,1-2H3,(H,17,18)(H,19,20,21);3-11,18H,1-2H3,(H,17,19). The Morgan fingerprint density at radius 2 is 0.560 bits per heavy atom. The fraction of sp³-hybridized carbons (Fsp3) is 0.190. The van der Waals surface area contributed by atoms with E-state index >= 15 is 0 Å². The third-order valence-corrected chi connectivity index (χ3v) is 19.9. The van der Waals surface area contributed by atoms with Gasteiger partial charge in [-0.05, 0) is 275 Å². The second-order valence-electron chi connectivity index (χ2n) is 30.4. The van der Waals surface area contributed by atoms with Crippen molar-refractivity contribution in [1.29, 1.82) is 5.26 Å². The van der Waals surface area contributed by atoms with E-state index in [1.165, 1.54) is 109 Å². The van der Waals surface area contributed by atoms with Crippen molar-refractivity contribution in [3.8, 4) is 11.8 Å². The number of hydrogen-bond acceptors (Lipinski definition) is 15. The maximum Gasteiger partial charge on any atom is 0.337 e. The molecule has 0 heterocycles. The molecule has 644 valence electrons. The van der Waals surface area contributed by atoms with Crippen LogP contribution < -0.4 is 31.9 Å². The number of nitro groups is 1. The topological polar surface area (TPSA) is 380 Å². The third kappa shape index (κ3) is 31.5. The number of ether oxygens (including phenoxy) is 1. The summed E-state index contributed by atoms with van der Waals surface area (Å²) in [6.45, 7) is 25.1. The van der Waals surface area contributed by atoms with Crippen LogP contribution in [0.2, 0.25) is 0 Å². The van der Waals surface area contributed by atoms with Crippen LogP contribution in [-0.4, -0.2) is 82.6 Å². The molecule has 12 aromatic carbocycles. The normalized spacial score (nSPS) is 10.6. The molecule has 6 amide bonds. The van der Waals surface area contributed by atoms with Gasteiger partial charge in [-0.1, -0.05) is 156 Å². The van der Waals surface area contributed by atoms with Crippen LogP contribution in [0.25, 0.3) is 0 Å². The summed E-state index contributed by atoms with van der Waals surface area (Å²) < 4.78 is 35.5. The number of esters is 1. The Morgan fingerprint density at radius 3 is 0.776 bits per heavy atom. The maximum absolute atomic E-state index is 12.2. The van der Waals surface area contributed by atoms with Crippen LogP contribution in [0.1, 0.15) is 240 Å². The number of carbonyl (C=O) groups is 8. The van der Waals surface area contributed by atoms with Gasteiger partial charge in [0.05, 0.1) is 39.7 Å². The first kappa shape index (κ1) is 97.1. The number of nitrogens with one attached hydrogen (secondary N) is 6. The van der Waals surface area contributed by atoms with Crippen LogP contribution in [0.5, 0.6) is 5.75 Å². The highest BCUT2D eigenvalue weighted by Gasteiger charge is 2.18. The van der Waals surface area contributed by atoms with Crippen LogP contribution in [0.3, 0.4) is 0 Å². The number of carboxylic acid groups (broad SMARTS) is 1. The number of nitriles is 1. The third-order valence-electron chi connectivity index (χ3n) is 19.0. The van der Waals surface area contributed by atoms with E-state index in [4.69, 9.17) is 14.9 Å². The molecule has 0 fully saturated rings. The first-order valence-electron chi connectivity index (χ1n) is 40.0. The molecule has 25 heteroatoms. The van der Waals surface area contributed by atoms with E-state index in [-0.39, 0.29) is 57.3 Å².